The second-order valence-electron chi connectivity index (χ2n) is 7.50. The Balaban J connectivity index is 1.68. The summed E-state index contributed by atoms with van der Waals surface area (Å²) >= 11 is 0. The first kappa shape index (κ1) is 14.0. The van der Waals surface area contributed by atoms with Gasteiger partial charge in [0.1, 0.15) is 0 Å². The molecule has 3 rings (SSSR count). The predicted octanol–water partition coefficient (Wildman–Crippen LogP) is 6.30. The Bertz CT molecular complexity index is 196. The Hall–Kier alpha value is 0. The maximum absolute atomic E-state index is 2.11. The molecule has 0 amide bonds. The summed E-state index contributed by atoms with van der Waals surface area (Å²) in [5, 5.41) is 0. The van der Waals surface area contributed by atoms with Crippen molar-refractivity contribution in [3.63, 3.8) is 0 Å². The van der Waals surface area contributed by atoms with Crippen LogP contribution in [0.3, 0.4) is 0 Å². The molecule has 0 atom stereocenters. The molecule has 109 valence electrons. The first-order valence-electron chi connectivity index (χ1n) is 9.32. The first-order chi connectivity index (χ1) is 9.45. The van der Waals surface area contributed by atoms with Crippen LogP contribution in [0, 0.1) is 23.7 Å². The van der Waals surface area contributed by atoms with Gasteiger partial charge >= 0.3 is 0 Å². The van der Waals surface area contributed by atoms with Crippen molar-refractivity contribution in [1.29, 1.82) is 0 Å². The molecule has 0 aromatic carbocycles. The van der Waals surface area contributed by atoms with Gasteiger partial charge in [-0.15, -0.1) is 0 Å². The van der Waals surface area contributed by atoms with Crippen LogP contribution in [-0.4, -0.2) is 0 Å². The van der Waals surface area contributed by atoms with E-state index in [2.05, 4.69) is 5.92 Å². The van der Waals surface area contributed by atoms with Crippen LogP contribution in [-0.2, 0) is 0 Å². The predicted molar refractivity (Wildman–Crippen MR) is 83.0 cm³/mol. The molecular formula is C19H33. The third-order valence-corrected chi connectivity index (χ3v) is 6.23. The van der Waals surface area contributed by atoms with Crippen LogP contribution in [0.25, 0.3) is 0 Å². The zero-order valence-corrected chi connectivity index (χ0v) is 12.8. The van der Waals surface area contributed by atoms with Crippen molar-refractivity contribution in [2.45, 2.75) is 96.3 Å². The van der Waals surface area contributed by atoms with Gasteiger partial charge in [-0.1, -0.05) is 57.8 Å². The lowest BCUT2D eigenvalue weighted by molar-refractivity contribution is 0.202. The van der Waals surface area contributed by atoms with Gasteiger partial charge in [-0.2, -0.15) is 0 Å². The molecule has 0 aliphatic heterocycles. The molecular weight excluding hydrogens is 228 g/mol. The third kappa shape index (κ3) is 3.56. The van der Waals surface area contributed by atoms with E-state index in [9.17, 15) is 0 Å². The molecule has 3 aliphatic rings. The van der Waals surface area contributed by atoms with Crippen LogP contribution >= 0.6 is 0 Å². The number of hydrogen-bond acceptors (Lipinski definition) is 0. The second kappa shape index (κ2) is 7.14. The summed E-state index contributed by atoms with van der Waals surface area (Å²) in [4.78, 5) is 0. The van der Waals surface area contributed by atoms with Gasteiger partial charge in [0, 0.05) is 0 Å². The van der Waals surface area contributed by atoms with Crippen LogP contribution in [0.4, 0.5) is 0 Å². The van der Waals surface area contributed by atoms with Crippen LogP contribution in [0.1, 0.15) is 96.3 Å². The molecule has 19 heavy (non-hydrogen) atoms. The van der Waals surface area contributed by atoms with E-state index in [0.717, 1.165) is 17.8 Å². The standard InChI is InChI=1S/C19H33/c1-4-10-16(11-5-1)19(17-12-6-2-7-13-17)18-14-8-3-9-15-18/h16-18H,1-15H2. The summed E-state index contributed by atoms with van der Waals surface area (Å²) in [5.74, 6) is 5.24. The van der Waals surface area contributed by atoms with Crippen molar-refractivity contribution in [2.24, 2.45) is 17.8 Å². The van der Waals surface area contributed by atoms with Gasteiger partial charge in [-0.25, -0.2) is 0 Å². The van der Waals surface area contributed by atoms with Crippen LogP contribution in [0.15, 0.2) is 0 Å². The minimum atomic E-state index is 1.04. The lowest BCUT2D eigenvalue weighted by Gasteiger charge is -2.43. The van der Waals surface area contributed by atoms with Gasteiger partial charge in [0.15, 0.2) is 0 Å². The van der Waals surface area contributed by atoms with Crippen molar-refractivity contribution in [1.82, 2.24) is 0 Å². The van der Waals surface area contributed by atoms with Gasteiger partial charge < -0.3 is 0 Å². The largest absolute Gasteiger partial charge is 0.0533 e. The Morgan fingerprint density at radius 1 is 0.368 bits per heavy atom. The van der Waals surface area contributed by atoms with E-state index in [4.69, 9.17) is 0 Å². The highest BCUT2D eigenvalue weighted by Gasteiger charge is 2.37. The minimum Gasteiger partial charge on any atom is -0.0533 e. The summed E-state index contributed by atoms with van der Waals surface area (Å²) < 4.78 is 0. The summed E-state index contributed by atoms with van der Waals surface area (Å²) in [7, 11) is 0. The van der Waals surface area contributed by atoms with Crippen molar-refractivity contribution in [2.75, 3.05) is 0 Å². The maximum atomic E-state index is 2.11. The topological polar surface area (TPSA) is 0 Å². The molecule has 0 bridgehead atoms. The van der Waals surface area contributed by atoms with Crippen molar-refractivity contribution in [3.8, 4) is 0 Å². The van der Waals surface area contributed by atoms with E-state index in [0.29, 0.717) is 0 Å². The second-order valence-corrected chi connectivity index (χ2v) is 7.50. The zero-order chi connectivity index (χ0) is 12.9. The molecule has 0 spiro atoms. The van der Waals surface area contributed by atoms with Crippen molar-refractivity contribution < 1.29 is 0 Å². The van der Waals surface area contributed by atoms with Crippen LogP contribution < -0.4 is 0 Å². The molecule has 3 fully saturated rings. The fourth-order valence-electron chi connectivity index (χ4n) is 5.31. The van der Waals surface area contributed by atoms with E-state index < -0.39 is 0 Å². The van der Waals surface area contributed by atoms with Crippen molar-refractivity contribution >= 4 is 0 Å². The molecule has 0 nitrogen and oxygen atoms in total. The first-order valence-corrected chi connectivity index (χ1v) is 9.32. The third-order valence-electron chi connectivity index (χ3n) is 6.23. The molecule has 3 aliphatic carbocycles. The molecule has 0 unspecified atom stereocenters. The molecule has 0 heterocycles. The quantitative estimate of drug-likeness (QED) is 0.559. The van der Waals surface area contributed by atoms with Gasteiger partial charge in [0.25, 0.3) is 0 Å². The highest BCUT2D eigenvalue weighted by atomic mass is 14.4. The van der Waals surface area contributed by atoms with E-state index in [-0.39, 0.29) is 0 Å². The van der Waals surface area contributed by atoms with Crippen molar-refractivity contribution in [3.05, 3.63) is 5.92 Å². The van der Waals surface area contributed by atoms with E-state index in [1.165, 1.54) is 57.8 Å². The van der Waals surface area contributed by atoms with E-state index in [1.807, 2.05) is 0 Å². The Morgan fingerprint density at radius 2 is 0.632 bits per heavy atom. The van der Waals surface area contributed by atoms with Gasteiger partial charge in [0.05, 0.1) is 0 Å². The molecule has 3 saturated carbocycles. The van der Waals surface area contributed by atoms with Gasteiger partial charge in [-0.05, 0) is 62.2 Å². The normalized spacial score (nSPS) is 28.9. The number of hydrogen-bond donors (Lipinski definition) is 0. The Morgan fingerprint density at radius 3 is 0.895 bits per heavy atom. The monoisotopic (exact) mass is 261 g/mol. The molecule has 0 saturated heterocycles. The summed E-state index contributed by atoms with van der Waals surface area (Å²) in [5.41, 5.74) is 0. The van der Waals surface area contributed by atoms with Gasteiger partial charge in [-0.3, -0.25) is 0 Å². The summed E-state index contributed by atoms with van der Waals surface area (Å²) in [6.45, 7) is 0. The van der Waals surface area contributed by atoms with Gasteiger partial charge in [0.2, 0.25) is 0 Å². The SMILES string of the molecule is C1CCC([C](C2CCCCC2)C2CCCCC2)CC1. The molecule has 0 aromatic rings. The highest BCUT2D eigenvalue weighted by molar-refractivity contribution is 5.08. The van der Waals surface area contributed by atoms with E-state index >= 15 is 0 Å². The average Bonchev–Trinajstić information content (AvgIpc) is 2.51. The summed E-state index contributed by atoms with van der Waals surface area (Å²) in [6, 6.07) is 0. The molecule has 0 aromatic heterocycles. The molecule has 0 N–H and O–H groups in total. The Kier molecular flexibility index (Phi) is 5.24. The smallest absolute Gasteiger partial charge is 0.0148 e. The minimum absolute atomic E-state index is 1.04. The number of rotatable bonds is 3. The highest BCUT2D eigenvalue weighted by Crippen LogP contribution is 2.48. The van der Waals surface area contributed by atoms with E-state index in [1.54, 1.807) is 38.5 Å². The van der Waals surface area contributed by atoms with Crippen LogP contribution in [0.2, 0.25) is 0 Å². The lowest BCUT2D eigenvalue weighted by atomic mass is 9.62. The molecule has 1 radical (unpaired) electrons. The summed E-state index contributed by atoms with van der Waals surface area (Å²) in [6.07, 6.45) is 22.9. The van der Waals surface area contributed by atoms with Crippen LogP contribution in [0.5, 0.6) is 0 Å². The zero-order valence-electron chi connectivity index (χ0n) is 12.8. The maximum Gasteiger partial charge on any atom is -0.0148 e. The molecule has 0 heteroatoms. The Labute approximate surface area is 120 Å². The lowest BCUT2D eigenvalue weighted by Crippen LogP contribution is -2.32. The fraction of sp³-hybridized carbons (Fsp3) is 0.947. The fourth-order valence-corrected chi connectivity index (χ4v) is 5.31. The average molecular weight is 261 g/mol.